The molecule has 1 aromatic carbocycles. The second-order valence-corrected chi connectivity index (χ2v) is 6.26. The normalized spacial score (nSPS) is 14.3. The predicted molar refractivity (Wildman–Crippen MR) is 97.9 cm³/mol. The molecule has 1 aliphatic rings. The molecule has 126 valence electrons. The number of carbonyl (C=O) groups excluding carboxylic acids is 1. The first-order valence-corrected chi connectivity index (χ1v) is 8.38. The fraction of sp³-hybridized carbons (Fsp3) is 0.250. The van der Waals surface area contributed by atoms with Gasteiger partial charge in [-0.25, -0.2) is 9.97 Å². The van der Waals surface area contributed by atoms with E-state index in [1.54, 1.807) is 13.3 Å². The van der Waals surface area contributed by atoms with Gasteiger partial charge in [-0.05, 0) is 49.2 Å². The van der Waals surface area contributed by atoms with Gasteiger partial charge in [-0.1, -0.05) is 0 Å². The van der Waals surface area contributed by atoms with Crippen LogP contribution in [0, 0.1) is 6.92 Å². The van der Waals surface area contributed by atoms with E-state index in [1.807, 2.05) is 29.2 Å². The maximum atomic E-state index is 12.0. The number of hydrogen-bond acceptors (Lipinski definition) is 4. The van der Waals surface area contributed by atoms with Crippen molar-refractivity contribution in [3.05, 3.63) is 48.2 Å². The lowest BCUT2D eigenvalue weighted by atomic mass is 10.1. The van der Waals surface area contributed by atoms with Crippen molar-refractivity contribution in [1.29, 1.82) is 0 Å². The maximum absolute atomic E-state index is 12.0. The van der Waals surface area contributed by atoms with E-state index in [-0.39, 0.29) is 5.91 Å². The molecule has 25 heavy (non-hydrogen) atoms. The summed E-state index contributed by atoms with van der Waals surface area (Å²) in [5.41, 5.74) is 4.83. The molecule has 4 rings (SSSR count). The van der Waals surface area contributed by atoms with Crippen molar-refractivity contribution < 1.29 is 9.53 Å². The van der Waals surface area contributed by atoms with Crippen molar-refractivity contribution in [3.8, 4) is 17.1 Å². The molecule has 0 saturated carbocycles. The Morgan fingerprint density at radius 3 is 2.72 bits per heavy atom. The standard InChI is InChI=1S/C20H19N3O2/c1-13-10-18(14-5-8-19(25-2)21-12-14)22-17-7-6-15(11-16(13)17)23-9-3-4-20(23)24/h5-8,10-12H,3-4,9H2,1-2H3. The molecular weight excluding hydrogens is 314 g/mol. The summed E-state index contributed by atoms with van der Waals surface area (Å²) in [5, 5.41) is 1.07. The van der Waals surface area contributed by atoms with Crippen LogP contribution >= 0.6 is 0 Å². The van der Waals surface area contributed by atoms with Crippen LogP contribution in [0.1, 0.15) is 18.4 Å². The number of benzene rings is 1. The van der Waals surface area contributed by atoms with Crippen molar-refractivity contribution >= 4 is 22.5 Å². The molecule has 1 aliphatic heterocycles. The molecule has 0 spiro atoms. The highest BCUT2D eigenvalue weighted by molar-refractivity contribution is 5.98. The molecule has 1 saturated heterocycles. The van der Waals surface area contributed by atoms with Gasteiger partial charge in [-0.15, -0.1) is 0 Å². The van der Waals surface area contributed by atoms with Gasteiger partial charge >= 0.3 is 0 Å². The molecule has 3 aromatic rings. The quantitative estimate of drug-likeness (QED) is 0.733. The highest BCUT2D eigenvalue weighted by Crippen LogP contribution is 2.29. The molecule has 0 aliphatic carbocycles. The Morgan fingerprint density at radius 1 is 1.16 bits per heavy atom. The zero-order valence-electron chi connectivity index (χ0n) is 14.3. The molecule has 3 heterocycles. The van der Waals surface area contributed by atoms with Crippen LogP contribution in [0.15, 0.2) is 42.6 Å². The molecule has 1 fully saturated rings. The number of anilines is 1. The Labute approximate surface area is 146 Å². The summed E-state index contributed by atoms with van der Waals surface area (Å²) in [5.74, 6) is 0.784. The lowest BCUT2D eigenvalue weighted by Crippen LogP contribution is -2.23. The van der Waals surface area contributed by atoms with Crippen LogP contribution in [0.3, 0.4) is 0 Å². The summed E-state index contributed by atoms with van der Waals surface area (Å²) in [6, 6.07) is 11.9. The van der Waals surface area contributed by atoms with Gasteiger partial charge in [0.25, 0.3) is 0 Å². The molecular formula is C20H19N3O2. The predicted octanol–water partition coefficient (Wildman–Crippen LogP) is 3.74. The van der Waals surface area contributed by atoms with E-state index in [1.165, 1.54) is 0 Å². The monoisotopic (exact) mass is 333 g/mol. The molecule has 5 nitrogen and oxygen atoms in total. The summed E-state index contributed by atoms with van der Waals surface area (Å²) in [6.07, 6.45) is 3.33. The minimum atomic E-state index is 0.200. The second-order valence-electron chi connectivity index (χ2n) is 6.26. The maximum Gasteiger partial charge on any atom is 0.227 e. The van der Waals surface area contributed by atoms with E-state index in [2.05, 4.69) is 24.0 Å². The Bertz CT molecular complexity index is 951. The van der Waals surface area contributed by atoms with Crippen LogP contribution < -0.4 is 9.64 Å². The number of ether oxygens (including phenoxy) is 1. The lowest BCUT2D eigenvalue weighted by molar-refractivity contribution is -0.117. The average molecular weight is 333 g/mol. The first kappa shape index (κ1) is 15.6. The summed E-state index contributed by atoms with van der Waals surface area (Å²) in [7, 11) is 1.60. The minimum absolute atomic E-state index is 0.200. The SMILES string of the molecule is COc1ccc(-c2cc(C)c3cc(N4CCCC4=O)ccc3n2)cn1. The first-order valence-electron chi connectivity index (χ1n) is 8.38. The molecule has 2 aromatic heterocycles. The molecule has 0 radical (unpaired) electrons. The van der Waals surface area contributed by atoms with Crippen molar-refractivity contribution in [2.75, 3.05) is 18.6 Å². The van der Waals surface area contributed by atoms with E-state index in [9.17, 15) is 4.79 Å². The van der Waals surface area contributed by atoms with Crippen LogP contribution in [0.4, 0.5) is 5.69 Å². The highest BCUT2D eigenvalue weighted by atomic mass is 16.5. The smallest absolute Gasteiger partial charge is 0.227 e. The second kappa shape index (κ2) is 6.16. The minimum Gasteiger partial charge on any atom is -0.481 e. The summed E-state index contributed by atoms with van der Waals surface area (Å²) in [6.45, 7) is 2.87. The number of carbonyl (C=O) groups is 1. The van der Waals surface area contributed by atoms with Gasteiger partial charge in [0.05, 0.1) is 18.3 Å². The van der Waals surface area contributed by atoms with Crippen molar-refractivity contribution in [2.24, 2.45) is 0 Å². The van der Waals surface area contributed by atoms with E-state index in [0.29, 0.717) is 12.3 Å². The molecule has 0 atom stereocenters. The highest BCUT2D eigenvalue weighted by Gasteiger charge is 2.22. The summed E-state index contributed by atoms with van der Waals surface area (Å²) in [4.78, 5) is 22.9. The van der Waals surface area contributed by atoms with E-state index in [0.717, 1.165) is 46.4 Å². The van der Waals surface area contributed by atoms with Crippen LogP contribution in [0.25, 0.3) is 22.2 Å². The number of rotatable bonds is 3. The Kier molecular flexibility index (Phi) is 3.84. The number of methoxy groups -OCH3 is 1. The number of hydrogen-bond donors (Lipinski definition) is 0. The Balaban J connectivity index is 1.76. The van der Waals surface area contributed by atoms with Crippen LogP contribution in [-0.2, 0) is 4.79 Å². The largest absolute Gasteiger partial charge is 0.481 e. The molecule has 1 amide bonds. The molecule has 0 bridgehead atoms. The molecule has 0 N–H and O–H groups in total. The van der Waals surface area contributed by atoms with E-state index in [4.69, 9.17) is 9.72 Å². The number of amides is 1. The van der Waals surface area contributed by atoms with E-state index < -0.39 is 0 Å². The third-order valence-corrected chi connectivity index (χ3v) is 4.63. The van der Waals surface area contributed by atoms with Gasteiger partial charge in [-0.2, -0.15) is 0 Å². The third kappa shape index (κ3) is 2.82. The first-order chi connectivity index (χ1) is 12.2. The van der Waals surface area contributed by atoms with Gasteiger partial charge in [0, 0.05) is 41.9 Å². The zero-order chi connectivity index (χ0) is 17.4. The van der Waals surface area contributed by atoms with Crippen LogP contribution in [0.2, 0.25) is 0 Å². The topological polar surface area (TPSA) is 55.3 Å². The fourth-order valence-corrected chi connectivity index (χ4v) is 3.27. The number of aryl methyl sites for hydroxylation is 1. The van der Waals surface area contributed by atoms with Crippen molar-refractivity contribution in [1.82, 2.24) is 9.97 Å². The number of pyridine rings is 2. The number of aromatic nitrogens is 2. The summed E-state index contributed by atoms with van der Waals surface area (Å²) < 4.78 is 5.11. The van der Waals surface area contributed by atoms with Gasteiger partial charge in [0.2, 0.25) is 11.8 Å². The zero-order valence-corrected chi connectivity index (χ0v) is 14.3. The van der Waals surface area contributed by atoms with Gasteiger partial charge in [-0.3, -0.25) is 4.79 Å². The van der Waals surface area contributed by atoms with E-state index >= 15 is 0 Å². The third-order valence-electron chi connectivity index (χ3n) is 4.63. The summed E-state index contributed by atoms with van der Waals surface area (Å²) >= 11 is 0. The van der Waals surface area contributed by atoms with Gasteiger partial charge < -0.3 is 9.64 Å². The Morgan fingerprint density at radius 2 is 2.04 bits per heavy atom. The van der Waals surface area contributed by atoms with Crippen LogP contribution in [-0.4, -0.2) is 29.5 Å². The Hall–Kier alpha value is -2.95. The number of nitrogens with zero attached hydrogens (tertiary/aromatic N) is 3. The molecule has 5 heteroatoms. The van der Waals surface area contributed by atoms with Gasteiger partial charge in [0.1, 0.15) is 0 Å². The lowest BCUT2D eigenvalue weighted by Gasteiger charge is -2.17. The van der Waals surface area contributed by atoms with Gasteiger partial charge in [0.15, 0.2) is 0 Å². The van der Waals surface area contributed by atoms with Crippen LogP contribution in [0.5, 0.6) is 5.88 Å². The fourth-order valence-electron chi connectivity index (χ4n) is 3.27. The number of fused-ring (bicyclic) bond motifs is 1. The van der Waals surface area contributed by atoms with Crippen molar-refractivity contribution in [3.63, 3.8) is 0 Å². The molecule has 0 unspecified atom stereocenters. The van der Waals surface area contributed by atoms with Crippen molar-refractivity contribution in [2.45, 2.75) is 19.8 Å². The average Bonchev–Trinajstić information content (AvgIpc) is 3.07.